The fourth-order valence-electron chi connectivity index (χ4n) is 1.51. The van der Waals surface area contributed by atoms with Gasteiger partial charge < -0.3 is 11.1 Å². The molecule has 0 aliphatic rings. The van der Waals surface area contributed by atoms with Crippen LogP contribution in [-0.2, 0) is 4.79 Å². The average molecular weight is 331 g/mol. The molecule has 1 aromatic heterocycles. The number of amides is 1. The largest absolute Gasteiger partial charge is 0.416 e. The summed E-state index contributed by atoms with van der Waals surface area (Å²) in [6.07, 6.45) is -1.07. The van der Waals surface area contributed by atoms with Crippen LogP contribution in [0.1, 0.15) is 19.0 Å². The molecule has 1 amide bonds. The van der Waals surface area contributed by atoms with Gasteiger partial charge in [0.05, 0.1) is 11.3 Å². The Morgan fingerprint density at radius 2 is 2.23 bits per heavy atom. The van der Waals surface area contributed by atoms with E-state index in [1.807, 2.05) is 0 Å². The highest BCUT2D eigenvalue weighted by molar-refractivity contribution is 7.14. The standard InChI is InChI=1S/C14H16F3N3OS/c1-3-9(7-10(4-2)14(15,16)17)11-8-22-13(19-11)20-12(21)5-6-18/h3-4,7-8H,1,5-6,18H2,2H3,(H,19,20,21)/b9-7+,10-4+. The molecule has 0 atom stereocenters. The van der Waals surface area contributed by atoms with Gasteiger partial charge in [-0.15, -0.1) is 11.3 Å². The van der Waals surface area contributed by atoms with Crippen molar-refractivity contribution in [3.05, 3.63) is 41.5 Å². The number of aromatic nitrogens is 1. The minimum absolute atomic E-state index is 0.149. The molecule has 1 aromatic rings. The van der Waals surface area contributed by atoms with Gasteiger partial charge in [-0.3, -0.25) is 4.79 Å². The summed E-state index contributed by atoms with van der Waals surface area (Å²) in [5.74, 6) is -0.294. The van der Waals surface area contributed by atoms with E-state index in [-0.39, 0.29) is 24.4 Å². The van der Waals surface area contributed by atoms with E-state index >= 15 is 0 Å². The van der Waals surface area contributed by atoms with Gasteiger partial charge in [0.2, 0.25) is 5.91 Å². The third-order valence-corrected chi connectivity index (χ3v) is 3.34. The second-order valence-electron chi connectivity index (χ2n) is 4.17. The molecule has 1 rings (SSSR count). The maximum Gasteiger partial charge on any atom is 0.416 e. The van der Waals surface area contributed by atoms with Crippen molar-refractivity contribution in [1.82, 2.24) is 4.98 Å². The summed E-state index contributed by atoms with van der Waals surface area (Å²) in [5.41, 5.74) is 5.00. The second kappa shape index (κ2) is 7.90. The van der Waals surface area contributed by atoms with Crippen molar-refractivity contribution in [2.24, 2.45) is 5.73 Å². The van der Waals surface area contributed by atoms with E-state index in [9.17, 15) is 18.0 Å². The SMILES string of the molecule is C=C/C(=C\C(=C/C)C(F)(F)F)c1csc(NC(=O)CCN)n1. The minimum atomic E-state index is -4.45. The molecule has 3 N–H and O–H groups in total. The number of nitrogens with zero attached hydrogens (tertiary/aromatic N) is 1. The number of nitrogens with one attached hydrogen (secondary N) is 1. The highest BCUT2D eigenvalue weighted by Crippen LogP contribution is 2.30. The molecule has 0 unspecified atom stereocenters. The van der Waals surface area contributed by atoms with E-state index in [1.54, 1.807) is 5.38 Å². The van der Waals surface area contributed by atoms with Gasteiger partial charge in [-0.25, -0.2) is 4.98 Å². The van der Waals surface area contributed by atoms with Crippen LogP contribution in [-0.4, -0.2) is 23.6 Å². The number of anilines is 1. The molecule has 0 saturated heterocycles. The molecule has 0 aliphatic carbocycles. The topological polar surface area (TPSA) is 68.0 Å². The van der Waals surface area contributed by atoms with Crippen molar-refractivity contribution < 1.29 is 18.0 Å². The Kier molecular flexibility index (Phi) is 6.51. The van der Waals surface area contributed by atoms with Crippen LogP contribution < -0.4 is 11.1 Å². The minimum Gasteiger partial charge on any atom is -0.330 e. The number of alkyl halides is 3. The first-order valence-electron chi connectivity index (χ1n) is 6.35. The molecule has 4 nitrogen and oxygen atoms in total. The normalized spacial score (nSPS) is 13.1. The third kappa shape index (κ3) is 5.12. The van der Waals surface area contributed by atoms with Crippen LogP contribution in [0.5, 0.6) is 0 Å². The molecule has 0 spiro atoms. The first-order valence-corrected chi connectivity index (χ1v) is 7.23. The second-order valence-corrected chi connectivity index (χ2v) is 5.03. The maximum atomic E-state index is 12.8. The highest BCUT2D eigenvalue weighted by atomic mass is 32.1. The molecule has 1 heterocycles. The van der Waals surface area contributed by atoms with E-state index in [0.29, 0.717) is 10.8 Å². The Morgan fingerprint density at radius 3 is 2.73 bits per heavy atom. The highest BCUT2D eigenvalue weighted by Gasteiger charge is 2.31. The number of thiazole rings is 1. The molecule has 0 radical (unpaired) electrons. The van der Waals surface area contributed by atoms with Crippen molar-refractivity contribution in [2.45, 2.75) is 19.5 Å². The Hall–Kier alpha value is -1.93. The number of rotatable bonds is 6. The van der Waals surface area contributed by atoms with Crippen LogP contribution in [0.2, 0.25) is 0 Å². The lowest BCUT2D eigenvalue weighted by Gasteiger charge is -2.08. The zero-order valence-electron chi connectivity index (χ0n) is 11.9. The summed E-state index contributed by atoms with van der Waals surface area (Å²) in [7, 11) is 0. The van der Waals surface area contributed by atoms with E-state index in [1.165, 1.54) is 13.0 Å². The number of nitrogens with two attached hydrogens (primary N) is 1. The lowest BCUT2D eigenvalue weighted by molar-refractivity contribution is -0.116. The summed E-state index contributed by atoms with van der Waals surface area (Å²) in [4.78, 5) is 15.5. The van der Waals surface area contributed by atoms with Gasteiger partial charge in [0, 0.05) is 23.9 Å². The molecule has 0 aromatic carbocycles. The van der Waals surface area contributed by atoms with Gasteiger partial charge in [0.15, 0.2) is 5.13 Å². The molecule has 120 valence electrons. The summed E-state index contributed by atoms with van der Waals surface area (Å²) >= 11 is 1.12. The Balaban J connectivity index is 3.00. The van der Waals surface area contributed by atoms with Crippen molar-refractivity contribution in [1.29, 1.82) is 0 Å². The summed E-state index contributed by atoms with van der Waals surface area (Å²) in [6, 6.07) is 0. The monoisotopic (exact) mass is 331 g/mol. The van der Waals surface area contributed by atoms with E-state index in [4.69, 9.17) is 5.73 Å². The third-order valence-electron chi connectivity index (χ3n) is 2.59. The first-order chi connectivity index (χ1) is 10.3. The van der Waals surface area contributed by atoms with Crippen molar-refractivity contribution in [2.75, 3.05) is 11.9 Å². The zero-order valence-corrected chi connectivity index (χ0v) is 12.7. The number of hydrogen-bond donors (Lipinski definition) is 2. The maximum absolute atomic E-state index is 12.8. The van der Waals surface area contributed by atoms with Crippen LogP contribution in [0.3, 0.4) is 0 Å². The van der Waals surface area contributed by atoms with Crippen LogP contribution >= 0.6 is 11.3 Å². The lowest BCUT2D eigenvalue weighted by atomic mass is 10.1. The Morgan fingerprint density at radius 1 is 1.55 bits per heavy atom. The average Bonchev–Trinajstić information content (AvgIpc) is 2.87. The van der Waals surface area contributed by atoms with E-state index in [2.05, 4.69) is 16.9 Å². The summed E-state index contributed by atoms with van der Waals surface area (Å²) in [5, 5.41) is 4.38. The van der Waals surface area contributed by atoms with Crippen LogP contribution in [0.4, 0.5) is 18.3 Å². The molecule has 22 heavy (non-hydrogen) atoms. The van der Waals surface area contributed by atoms with E-state index < -0.39 is 11.7 Å². The van der Waals surface area contributed by atoms with Gasteiger partial charge in [0.25, 0.3) is 0 Å². The zero-order chi connectivity index (χ0) is 16.8. The van der Waals surface area contributed by atoms with Gasteiger partial charge in [-0.05, 0) is 13.0 Å². The number of halogens is 3. The number of hydrogen-bond acceptors (Lipinski definition) is 4. The number of allylic oxidation sites excluding steroid dienone is 5. The van der Waals surface area contributed by atoms with Gasteiger partial charge in [0.1, 0.15) is 0 Å². The Labute approximate surface area is 130 Å². The molecule has 0 fully saturated rings. The number of carbonyl (C=O) groups is 1. The van der Waals surface area contributed by atoms with Crippen LogP contribution in [0.15, 0.2) is 35.8 Å². The van der Waals surface area contributed by atoms with Crippen molar-refractivity contribution in [3.8, 4) is 0 Å². The van der Waals surface area contributed by atoms with Gasteiger partial charge in [-0.2, -0.15) is 13.2 Å². The Bertz CT molecular complexity index is 603. The fraction of sp³-hybridized carbons (Fsp3) is 0.286. The van der Waals surface area contributed by atoms with Gasteiger partial charge in [-0.1, -0.05) is 18.7 Å². The predicted octanol–water partition coefficient (Wildman–Crippen LogP) is 3.51. The van der Waals surface area contributed by atoms with Crippen LogP contribution in [0.25, 0.3) is 5.57 Å². The van der Waals surface area contributed by atoms with Crippen LogP contribution in [0, 0.1) is 0 Å². The molecule has 0 aliphatic heterocycles. The van der Waals surface area contributed by atoms with E-state index in [0.717, 1.165) is 23.5 Å². The quantitative estimate of drug-likeness (QED) is 0.784. The molecular formula is C14H16F3N3OS. The van der Waals surface area contributed by atoms with Crippen molar-refractivity contribution in [3.63, 3.8) is 0 Å². The molecule has 0 bridgehead atoms. The van der Waals surface area contributed by atoms with Gasteiger partial charge >= 0.3 is 6.18 Å². The summed E-state index contributed by atoms with van der Waals surface area (Å²) < 4.78 is 38.3. The fourth-order valence-corrected chi connectivity index (χ4v) is 2.25. The lowest BCUT2D eigenvalue weighted by Crippen LogP contribution is -2.16. The molecular weight excluding hydrogens is 315 g/mol. The first kappa shape index (κ1) is 18.1. The smallest absolute Gasteiger partial charge is 0.330 e. The predicted molar refractivity (Wildman–Crippen MR) is 82.4 cm³/mol. The number of carbonyl (C=O) groups excluding carboxylic acids is 1. The summed E-state index contributed by atoms with van der Waals surface area (Å²) in [6.45, 7) is 5.02. The molecule has 8 heteroatoms. The van der Waals surface area contributed by atoms with Crippen molar-refractivity contribution >= 4 is 27.9 Å². The molecule has 0 saturated carbocycles.